The third-order valence-electron chi connectivity index (χ3n) is 3.64. The summed E-state index contributed by atoms with van der Waals surface area (Å²) >= 11 is 0. The molecule has 90 valence electrons. The summed E-state index contributed by atoms with van der Waals surface area (Å²) in [4.78, 5) is 2.44. The molecular weight excluding hydrogens is 184 g/mol. The molecule has 0 spiro atoms. The summed E-state index contributed by atoms with van der Waals surface area (Å²) in [5.74, 6) is 0.822. The molecular formula is C13H28N2. The van der Waals surface area contributed by atoms with E-state index in [4.69, 9.17) is 0 Å². The van der Waals surface area contributed by atoms with E-state index in [-0.39, 0.29) is 0 Å². The largest absolute Gasteiger partial charge is 0.316 e. The van der Waals surface area contributed by atoms with Crippen LogP contribution in [0.25, 0.3) is 0 Å². The summed E-state index contributed by atoms with van der Waals surface area (Å²) in [6.45, 7) is 11.9. The van der Waals surface area contributed by atoms with Gasteiger partial charge < -0.3 is 10.2 Å². The Kier molecular flexibility index (Phi) is 5.07. The van der Waals surface area contributed by atoms with E-state index < -0.39 is 0 Å². The van der Waals surface area contributed by atoms with Crippen molar-refractivity contribution >= 4 is 0 Å². The van der Waals surface area contributed by atoms with Crippen molar-refractivity contribution in [1.82, 2.24) is 10.2 Å². The molecule has 0 atom stereocenters. The van der Waals surface area contributed by atoms with E-state index in [0.717, 1.165) is 5.92 Å². The number of nitrogens with one attached hydrogen (secondary N) is 1. The van der Waals surface area contributed by atoms with Gasteiger partial charge in [0.25, 0.3) is 0 Å². The minimum atomic E-state index is 0.545. The molecule has 0 aromatic rings. The predicted molar refractivity (Wildman–Crippen MR) is 67.2 cm³/mol. The normalized spacial score (nSPS) is 22.2. The first kappa shape index (κ1) is 13.0. The molecule has 0 aliphatic carbocycles. The van der Waals surface area contributed by atoms with Gasteiger partial charge in [-0.3, -0.25) is 0 Å². The SMILES string of the molecule is CC(C)CCNCC1(C)CCN(C)CC1. The lowest BCUT2D eigenvalue weighted by molar-refractivity contribution is 0.137. The van der Waals surface area contributed by atoms with Crippen LogP contribution in [0.1, 0.15) is 40.0 Å². The molecule has 0 aromatic heterocycles. The van der Waals surface area contributed by atoms with Crippen LogP contribution in [0.5, 0.6) is 0 Å². The Bertz CT molecular complexity index is 169. The molecule has 1 heterocycles. The van der Waals surface area contributed by atoms with E-state index in [0.29, 0.717) is 5.41 Å². The molecule has 0 amide bonds. The molecule has 2 heteroatoms. The highest BCUT2D eigenvalue weighted by atomic mass is 15.1. The fourth-order valence-electron chi connectivity index (χ4n) is 2.12. The highest BCUT2D eigenvalue weighted by molar-refractivity contribution is 4.83. The van der Waals surface area contributed by atoms with Gasteiger partial charge in [0, 0.05) is 6.54 Å². The molecule has 0 saturated carbocycles. The molecule has 15 heavy (non-hydrogen) atoms. The van der Waals surface area contributed by atoms with E-state index in [2.05, 4.69) is 38.0 Å². The van der Waals surface area contributed by atoms with Crippen molar-refractivity contribution in [2.75, 3.05) is 33.2 Å². The number of nitrogens with zero attached hydrogens (tertiary/aromatic N) is 1. The maximum absolute atomic E-state index is 3.62. The lowest BCUT2D eigenvalue weighted by Crippen LogP contribution is -2.42. The van der Waals surface area contributed by atoms with E-state index in [1.165, 1.54) is 45.4 Å². The van der Waals surface area contributed by atoms with Crippen molar-refractivity contribution in [1.29, 1.82) is 0 Å². The molecule has 0 aromatic carbocycles. The topological polar surface area (TPSA) is 15.3 Å². The van der Waals surface area contributed by atoms with Crippen LogP contribution in [0.15, 0.2) is 0 Å². The third-order valence-corrected chi connectivity index (χ3v) is 3.64. The van der Waals surface area contributed by atoms with Gasteiger partial charge >= 0.3 is 0 Å². The van der Waals surface area contributed by atoms with Crippen molar-refractivity contribution in [3.63, 3.8) is 0 Å². The third kappa shape index (κ3) is 4.98. The van der Waals surface area contributed by atoms with Gasteiger partial charge in [0.05, 0.1) is 0 Å². The van der Waals surface area contributed by atoms with Crippen LogP contribution >= 0.6 is 0 Å². The summed E-state index contributed by atoms with van der Waals surface area (Å²) in [7, 11) is 2.23. The van der Waals surface area contributed by atoms with Crippen molar-refractivity contribution in [3.05, 3.63) is 0 Å². The molecule has 1 rings (SSSR count). The lowest BCUT2D eigenvalue weighted by Gasteiger charge is -2.38. The Morgan fingerprint density at radius 3 is 2.40 bits per heavy atom. The Morgan fingerprint density at radius 2 is 1.87 bits per heavy atom. The zero-order valence-corrected chi connectivity index (χ0v) is 11.0. The number of rotatable bonds is 5. The summed E-state index contributed by atoms with van der Waals surface area (Å²) < 4.78 is 0. The smallest absolute Gasteiger partial charge is 0.000612 e. The van der Waals surface area contributed by atoms with Crippen molar-refractivity contribution < 1.29 is 0 Å². The molecule has 1 saturated heterocycles. The van der Waals surface area contributed by atoms with Crippen molar-refractivity contribution in [2.45, 2.75) is 40.0 Å². The van der Waals surface area contributed by atoms with Gasteiger partial charge in [-0.05, 0) is 57.3 Å². The summed E-state index contributed by atoms with van der Waals surface area (Å²) in [6.07, 6.45) is 3.99. The average Bonchev–Trinajstić information content (AvgIpc) is 2.18. The average molecular weight is 212 g/mol. The van der Waals surface area contributed by atoms with Gasteiger partial charge in [0.1, 0.15) is 0 Å². The maximum atomic E-state index is 3.62. The monoisotopic (exact) mass is 212 g/mol. The standard InChI is InChI=1S/C13H28N2/c1-12(2)5-8-14-11-13(3)6-9-15(4)10-7-13/h12,14H,5-11H2,1-4H3. The van der Waals surface area contributed by atoms with Crippen LogP contribution in [0.3, 0.4) is 0 Å². The number of piperidine rings is 1. The second-order valence-electron chi connectivity index (χ2n) is 5.97. The second-order valence-corrected chi connectivity index (χ2v) is 5.97. The Hall–Kier alpha value is -0.0800. The van der Waals surface area contributed by atoms with Crippen LogP contribution < -0.4 is 5.32 Å². The molecule has 0 bridgehead atoms. The minimum Gasteiger partial charge on any atom is -0.316 e. The van der Waals surface area contributed by atoms with E-state index in [9.17, 15) is 0 Å². The number of likely N-dealkylation sites (tertiary alicyclic amines) is 1. The molecule has 1 fully saturated rings. The van der Waals surface area contributed by atoms with Gasteiger partial charge in [-0.2, -0.15) is 0 Å². The molecule has 1 N–H and O–H groups in total. The van der Waals surface area contributed by atoms with Gasteiger partial charge in [0.2, 0.25) is 0 Å². The van der Waals surface area contributed by atoms with Crippen LogP contribution in [-0.4, -0.2) is 38.1 Å². The van der Waals surface area contributed by atoms with Gasteiger partial charge in [-0.15, -0.1) is 0 Å². The van der Waals surface area contributed by atoms with Gasteiger partial charge in [-0.1, -0.05) is 20.8 Å². The maximum Gasteiger partial charge on any atom is 0.000612 e. The van der Waals surface area contributed by atoms with Crippen LogP contribution in [0.4, 0.5) is 0 Å². The lowest BCUT2D eigenvalue weighted by atomic mass is 9.80. The Labute approximate surface area is 95.4 Å². The van der Waals surface area contributed by atoms with E-state index in [1.54, 1.807) is 0 Å². The van der Waals surface area contributed by atoms with Crippen LogP contribution in [0.2, 0.25) is 0 Å². The first-order valence-electron chi connectivity index (χ1n) is 6.41. The number of hydrogen-bond donors (Lipinski definition) is 1. The minimum absolute atomic E-state index is 0.545. The van der Waals surface area contributed by atoms with Crippen molar-refractivity contribution in [2.24, 2.45) is 11.3 Å². The highest BCUT2D eigenvalue weighted by Gasteiger charge is 2.27. The predicted octanol–water partition coefficient (Wildman–Crippen LogP) is 2.35. The molecule has 1 aliphatic heterocycles. The Morgan fingerprint density at radius 1 is 1.27 bits per heavy atom. The van der Waals surface area contributed by atoms with Crippen LogP contribution in [-0.2, 0) is 0 Å². The summed E-state index contributed by atoms with van der Waals surface area (Å²) in [6, 6.07) is 0. The molecule has 1 aliphatic rings. The fourth-order valence-corrected chi connectivity index (χ4v) is 2.12. The van der Waals surface area contributed by atoms with Crippen molar-refractivity contribution in [3.8, 4) is 0 Å². The number of hydrogen-bond acceptors (Lipinski definition) is 2. The highest BCUT2D eigenvalue weighted by Crippen LogP contribution is 2.29. The first-order chi connectivity index (χ1) is 7.02. The van der Waals surface area contributed by atoms with E-state index in [1.807, 2.05) is 0 Å². The quantitative estimate of drug-likeness (QED) is 0.704. The molecule has 0 unspecified atom stereocenters. The fraction of sp³-hybridized carbons (Fsp3) is 1.00. The molecule has 2 nitrogen and oxygen atoms in total. The van der Waals surface area contributed by atoms with Gasteiger partial charge in [0.15, 0.2) is 0 Å². The summed E-state index contributed by atoms with van der Waals surface area (Å²) in [5, 5.41) is 3.62. The summed E-state index contributed by atoms with van der Waals surface area (Å²) in [5.41, 5.74) is 0.545. The first-order valence-corrected chi connectivity index (χ1v) is 6.41. The Balaban J connectivity index is 2.14. The van der Waals surface area contributed by atoms with Gasteiger partial charge in [-0.25, -0.2) is 0 Å². The van der Waals surface area contributed by atoms with Crippen LogP contribution in [0, 0.1) is 11.3 Å². The van der Waals surface area contributed by atoms with E-state index >= 15 is 0 Å². The zero-order chi connectivity index (χ0) is 11.3. The molecule has 0 radical (unpaired) electrons. The second kappa shape index (κ2) is 5.86. The zero-order valence-electron chi connectivity index (χ0n) is 11.0.